The summed E-state index contributed by atoms with van der Waals surface area (Å²) in [5.74, 6) is 0.176. The Labute approximate surface area is 183 Å². The first kappa shape index (κ1) is 20.0. The molecule has 5 rings (SSSR count). The number of rotatable bonds is 3. The summed E-state index contributed by atoms with van der Waals surface area (Å²) in [6.45, 7) is 6.90. The lowest BCUT2D eigenvalue weighted by Gasteiger charge is -2.49. The number of likely N-dealkylation sites (tertiary alicyclic amines) is 1. The fraction of sp³-hybridized carbons (Fsp3) is 0.542. The SMILES string of the molecule is O=C(c1ccsc1)N1CCC2(CC1)C[C@H](N1CCN(c3ccccc3)CC1)CCO2. The Morgan fingerprint density at radius 3 is 2.47 bits per heavy atom. The number of piperazine rings is 1. The van der Waals surface area contributed by atoms with Crippen molar-refractivity contribution in [1.29, 1.82) is 0 Å². The molecule has 160 valence electrons. The smallest absolute Gasteiger partial charge is 0.254 e. The highest BCUT2D eigenvalue weighted by molar-refractivity contribution is 7.08. The fourth-order valence-corrected chi connectivity index (χ4v) is 5.96. The lowest BCUT2D eigenvalue weighted by Crippen LogP contribution is -2.57. The van der Waals surface area contributed by atoms with Gasteiger partial charge in [-0.15, -0.1) is 0 Å². The average Bonchev–Trinajstić information content (AvgIpc) is 3.35. The quantitative estimate of drug-likeness (QED) is 0.751. The molecule has 1 atom stereocenters. The second-order valence-electron chi connectivity index (χ2n) is 8.84. The third-order valence-corrected chi connectivity index (χ3v) is 7.83. The third kappa shape index (κ3) is 4.13. The van der Waals surface area contributed by atoms with Gasteiger partial charge in [0.1, 0.15) is 0 Å². The molecule has 0 radical (unpaired) electrons. The van der Waals surface area contributed by atoms with E-state index in [0.29, 0.717) is 6.04 Å². The molecule has 1 amide bonds. The Morgan fingerprint density at radius 1 is 1.00 bits per heavy atom. The molecule has 3 aliphatic rings. The van der Waals surface area contributed by atoms with E-state index in [9.17, 15) is 4.79 Å². The Kier molecular flexibility index (Phi) is 5.81. The average molecular weight is 426 g/mol. The van der Waals surface area contributed by atoms with Gasteiger partial charge < -0.3 is 14.5 Å². The summed E-state index contributed by atoms with van der Waals surface area (Å²) in [5.41, 5.74) is 2.13. The third-order valence-electron chi connectivity index (χ3n) is 7.15. The second-order valence-corrected chi connectivity index (χ2v) is 9.62. The van der Waals surface area contributed by atoms with Crippen LogP contribution in [-0.2, 0) is 4.74 Å². The van der Waals surface area contributed by atoms with Crippen LogP contribution in [0.1, 0.15) is 36.0 Å². The van der Waals surface area contributed by atoms with E-state index >= 15 is 0 Å². The highest BCUT2D eigenvalue weighted by Crippen LogP contribution is 2.37. The van der Waals surface area contributed by atoms with Crippen molar-refractivity contribution in [2.24, 2.45) is 0 Å². The van der Waals surface area contributed by atoms with E-state index in [-0.39, 0.29) is 11.5 Å². The molecule has 5 nitrogen and oxygen atoms in total. The minimum Gasteiger partial charge on any atom is -0.375 e. The van der Waals surface area contributed by atoms with Gasteiger partial charge in [-0.3, -0.25) is 9.69 Å². The number of amides is 1. The number of hydrogen-bond donors (Lipinski definition) is 0. The van der Waals surface area contributed by atoms with Gasteiger partial charge in [-0.05, 0) is 49.3 Å². The van der Waals surface area contributed by atoms with Crippen molar-refractivity contribution in [3.05, 3.63) is 52.7 Å². The van der Waals surface area contributed by atoms with Crippen molar-refractivity contribution in [1.82, 2.24) is 9.80 Å². The summed E-state index contributed by atoms with van der Waals surface area (Å²) in [5, 5.41) is 3.93. The number of nitrogens with zero attached hydrogens (tertiary/aromatic N) is 3. The molecule has 3 fully saturated rings. The molecule has 30 heavy (non-hydrogen) atoms. The van der Waals surface area contributed by atoms with Crippen molar-refractivity contribution in [2.75, 3.05) is 50.8 Å². The normalized spacial score (nSPS) is 24.9. The van der Waals surface area contributed by atoms with Gasteiger partial charge in [0.05, 0.1) is 11.2 Å². The Hall–Kier alpha value is -1.89. The molecule has 1 aromatic carbocycles. The minimum atomic E-state index is -0.0368. The highest BCUT2D eigenvalue weighted by Gasteiger charge is 2.43. The number of ether oxygens (including phenoxy) is 1. The van der Waals surface area contributed by atoms with Crippen LogP contribution in [0.3, 0.4) is 0 Å². The zero-order valence-electron chi connectivity index (χ0n) is 17.5. The molecule has 3 saturated heterocycles. The van der Waals surface area contributed by atoms with E-state index in [1.807, 2.05) is 21.7 Å². The summed E-state index contributed by atoms with van der Waals surface area (Å²) in [7, 11) is 0. The van der Waals surface area contributed by atoms with Gasteiger partial charge in [0.25, 0.3) is 5.91 Å². The molecule has 6 heteroatoms. The molecule has 2 aromatic rings. The molecular formula is C24H31N3O2S. The number of hydrogen-bond acceptors (Lipinski definition) is 5. The molecule has 1 spiro atoms. The molecule has 0 aliphatic carbocycles. The Morgan fingerprint density at radius 2 is 1.77 bits per heavy atom. The van der Waals surface area contributed by atoms with Crippen LogP contribution in [0.2, 0.25) is 0 Å². The summed E-state index contributed by atoms with van der Waals surface area (Å²) < 4.78 is 6.36. The van der Waals surface area contributed by atoms with E-state index in [4.69, 9.17) is 4.74 Å². The first-order chi connectivity index (χ1) is 14.7. The molecule has 0 bridgehead atoms. The lowest BCUT2D eigenvalue weighted by molar-refractivity contribution is -0.130. The monoisotopic (exact) mass is 425 g/mol. The van der Waals surface area contributed by atoms with Gasteiger partial charge in [-0.2, -0.15) is 11.3 Å². The summed E-state index contributed by atoms with van der Waals surface area (Å²) in [4.78, 5) is 19.9. The summed E-state index contributed by atoms with van der Waals surface area (Å²) >= 11 is 1.59. The van der Waals surface area contributed by atoms with Crippen LogP contribution < -0.4 is 4.90 Å². The van der Waals surface area contributed by atoms with Crippen molar-refractivity contribution >= 4 is 22.9 Å². The molecule has 0 unspecified atom stereocenters. The Balaban J connectivity index is 1.15. The molecule has 1 aromatic heterocycles. The molecule has 0 N–H and O–H groups in total. The van der Waals surface area contributed by atoms with Gasteiger partial charge >= 0.3 is 0 Å². The zero-order valence-corrected chi connectivity index (χ0v) is 18.4. The zero-order chi connectivity index (χ0) is 20.4. The van der Waals surface area contributed by atoms with Crippen LogP contribution in [0.15, 0.2) is 47.2 Å². The summed E-state index contributed by atoms with van der Waals surface area (Å²) in [6.07, 6.45) is 4.16. The molecular weight excluding hydrogens is 394 g/mol. The van der Waals surface area contributed by atoms with Gasteiger partial charge in [0, 0.05) is 63.0 Å². The van der Waals surface area contributed by atoms with E-state index < -0.39 is 0 Å². The predicted molar refractivity (Wildman–Crippen MR) is 121 cm³/mol. The van der Waals surface area contributed by atoms with Crippen molar-refractivity contribution in [3.63, 3.8) is 0 Å². The number of benzene rings is 1. The molecule has 4 heterocycles. The van der Waals surface area contributed by atoms with E-state index in [1.165, 1.54) is 5.69 Å². The maximum Gasteiger partial charge on any atom is 0.254 e. The standard InChI is InChI=1S/C24H31N3O2S/c28-23(20-7-17-30-19-20)27-10-8-24(9-11-27)18-22(6-16-29-24)26-14-12-25(13-15-26)21-4-2-1-3-5-21/h1-5,7,17,19,22H,6,8-16,18H2/t22-/m1/s1. The first-order valence-corrected chi connectivity index (χ1v) is 12.2. The summed E-state index contributed by atoms with van der Waals surface area (Å²) in [6, 6.07) is 13.3. The lowest BCUT2D eigenvalue weighted by atomic mass is 9.81. The Bertz CT molecular complexity index is 825. The fourth-order valence-electron chi connectivity index (χ4n) is 5.33. The molecule has 0 saturated carbocycles. The maximum absolute atomic E-state index is 12.7. The largest absolute Gasteiger partial charge is 0.375 e. The van der Waals surface area contributed by atoms with Crippen LogP contribution >= 0.6 is 11.3 Å². The van der Waals surface area contributed by atoms with E-state index in [1.54, 1.807) is 11.3 Å². The van der Waals surface area contributed by atoms with Crippen LogP contribution in [0.5, 0.6) is 0 Å². The minimum absolute atomic E-state index is 0.0368. The van der Waals surface area contributed by atoms with Crippen LogP contribution in [-0.4, -0.2) is 73.2 Å². The number of piperidine rings is 1. The van der Waals surface area contributed by atoms with E-state index in [2.05, 4.69) is 40.1 Å². The maximum atomic E-state index is 12.7. The van der Waals surface area contributed by atoms with Crippen LogP contribution in [0.25, 0.3) is 0 Å². The van der Waals surface area contributed by atoms with Gasteiger partial charge in [0.15, 0.2) is 0 Å². The van der Waals surface area contributed by atoms with Gasteiger partial charge in [-0.1, -0.05) is 18.2 Å². The first-order valence-electron chi connectivity index (χ1n) is 11.2. The highest BCUT2D eigenvalue weighted by atomic mass is 32.1. The number of carbonyl (C=O) groups is 1. The second kappa shape index (κ2) is 8.69. The van der Waals surface area contributed by atoms with Gasteiger partial charge in [0.2, 0.25) is 0 Å². The van der Waals surface area contributed by atoms with Crippen LogP contribution in [0.4, 0.5) is 5.69 Å². The van der Waals surface area contributed by atoms with Crippen LogP contribution in [0, 0.1) is 0 Å². The van der Waals surface area contributed by atoms with Crippen molar-refractivity contribution < 1.29 is 9.53 Å². The van der Waals surface area contributed by atoms with E-state index in [0.717, 1.165) is 77.1 Å². The van der Waals surface area contributed by atoms with Crippen molar-refractivity contribution in [2.45, 2.75) is 37.3 Å². The number of carbonyl (C=O) groups excluding carboxylic acids is 1. The molecule has 3 aliphatic heterocycles. The predicted octanol–water partition coefficient (Wildman–Crippen LogP) is 3.72. The van der Waals surface area contributed by atoms with Crippen molar-refractivity contribution in [3.8, 4) is 0 Å². The number of thiophene rings is 1. The number of anilines is 1. The van der Waals surface area contributed by atoms with Gasteiger partial charge in [-0.25, -0.2) is 0 Å². The topological polar surface area (TPSA) is 36.0 Å². The number of para-hydroxylation sites is 1.